The number of hydrogen-bond acceptors (Lipinski definition) is 7. The number of aliphatic hydroxyl groups is 2. The Labute approximate surface area is 220 Å². The summed E-state index contributed by atoms with van der Waals surface area (Å²) in [6.45, 7) is 10.4. The van der Waals surface area contributed by atoms with Crippen LogP contribution in [0.15, 0.2) is 42.2 Å². The monoisotopic (exact) mass is 520 g/mol. The van der Waals surface area contributed by atoms with Gasteiger partial charge in [0.2, 0.25) is 0 Å². The third-order valence-electron chi connectivity index (χ3n) is 6.56. The fraction of sp³-hybridized carbons (Fsp3) is 0.571. The highest BCUT2D eigenvalue weighted by Crippen LogP contribution is 2.37. The molecule has 1 aromatic heterocycles. The van der Waals surface area contributed by atoms with Crippen LogP contribution in [0, 0.1) is 5.82 Å². The maximum Gasteiger partial charge on any atom is 0.123 e. The molecule has 0 spiro atoms. The van der Waals surface area contributed by atoms with E-state index in [9.17, 15) is 14.6 Å². The fourth-order valence-corrected chi connectivity index (χ4v) is 5.98. The molecule has 36 heavy (non-hydrogen) atoms. The highest BCUT2D eigenvalue weighted by Gasteiger charge is 2.29. The van der Waals surface area contributed by atoms with Gasteiger partial charge in [-0.1, -0.05) is 32.9 Å². The van der Waals surface area contributed by atoms with Crippen LogP contribution in [0.1, 0.15) is 67.3 Å². The van der Waals surface area contributed by atoms with Gasteiger partial charge in [-0.25, -0.2) is 10.2 Å². The van der Waals surface area contributed by atoms with Crippen LogP contribution < -0.4 is 11.6 Å². The first-order valence-corrected chi connectivity index (χ1v) is 14.0. The van der Waals surface area contributed by atoms with Crippen molar-refractivity contribution in [2.75, 3.05) is 26.2 Å². The topological polar surface area (TPSA) is 99.0 Å². The lowest BCUT2D eigenvalue weighted by Gasteiger charge is -2.38. The number of nitrogens with zero attached hydrogens (tertiary/aromatic N) is 2. The lowest BCUT2D eigenvalue weighted by molar-refractivity contribution is 0.133. The number of hydrogen-bond donors (Lipinski definition) is 4. The number of halogens is 1. The van der Waals surface area contributed by atoms with Crippen LogP contribution in [0.5, 0.6) is 0 Å². The van der Waals surface area contributed by atoms with E-state index >= 15 is 0 Å². The van der Waals surface area contributed by atoms with E-state index in [0.29, 0.717) is 30.6 Å². The van der Waals surface area contributed by atoms with Gasteiger partial charge in [0.25, 0.3) is 0 Å². The Morgan fingerprint density at radius 2 is 2.00 bits per heavy atom. The standard InChI is InChI=1S/C26H39FN4O2S.C2H6/c1-3-24-14-25(26(34-24)9-11-32)20-8-10-30(18(2)12-20)15-22(28)16-31(29)17-23(33)13-19-4-6-21(27)7-5-19;1-2/h4-7,14,16,18,20,23,32-33H,3,8-13,15,17,28-29H2,1-2H3;1-2H3/b22-16-;. The molecule has 6 N–H and O–H groups in total. The summed E-state index contributed by atoms with van der Waals surface area (Å²) in [5.41, 5.74) is 9.23. The molecule has 6 nitrogen and oxygen atoms in total. The smallest absolute Gasteiger partial charge is 0.123 e. The summed E-state index contributed by atoms with van der Waals surface area (Å²) in [5.74, 6) is 6.29. The van der Waals surface area contributed by atoms with Crippen LogP contribution in [0.2, 0.25) is 0 Å². The van der Waals surface area contributed by atoms with Gasteiger partial charge in [-0.05, 0) is 68.0 Å². The average Bonchev–Trinajstić information content (AvgIpc) is 3.26. The molecule has 1 fully saturated rings. The minimum atomic E-state index is -0.680. The van der Waals surface area contributed by atoms with E-state index in [4.69, 9.17) is 11.6 Å². The van der Waals surface area contributed by atoms with Crippen molar-refractivity contribution in [1.29, 1.82) is 0 Å². The molecule has 1 aliphatic heterocycles. The first-order valence-electron chi connectivity index (χ1n) is 13.1. The molecule has 3 atom stereocenters. The second-order valence-electron chi connectivity index (χ2n) is 9.34. The van der Waals surface area contributed by atoms with E-state index in [0.717, 1.165) is 37.8 Å². The molecule has 0 radical (unpaired) electrons. The van der Waals surface area contributed by atoms with Crippen molar-refractivity contribution in [3.8, 4) is 0 Å². The summed E-state index contributed by atoms with van der Waals surface area (Å²) in [5, 5.41) is 21.2. The highest BCUT2D eigenvalue weighted by molar-refractivity contribution is 7.12. The lowest BCUT2D eigenvalue weighted by Crippen LogP contribution is -2.43. The zero-order valence-electron chi connectivity index (χ0n) is 22.3. The molecular formula is C28H45FN4O2S. The van der Waals surface area contributed by atoms with E-state index in [1.165, 1.54) is 32.5 Å². The van der Waals surface area contributed by atoms with Crippen LogP contribution in [0.25, 0.3) is 0 Å². The van der Waals surface area contributed by atoms with Crippen molar-refractivity contribution < 1.29 is 14.6 Å². The minimum absolute atomic E-state index is 0.195. The Morgan fingerprint density at radius 3 is 2.61 bits per heavy atom. The van der Waals surface area contributed by atoms with Crippen molar-refractivity contribution in [2.24, 2.45) is 11.6 Å². The van der Waals surface area contributed by atoms with Crippen molar-refractivity contribution in [1.82, 2.24) is 9.91 Å². The van der Waals surface area contributed by atoms with E-state index in [1.54, 1.807) is 18.3 Å². The summed E-state index contributed by atoms with van der Waals surface area (Å²) < 4.78 is 13.0. The summed E-state index contributed by atoms with van der Waals surface area (Å²) in [6, 6.07) is 8.84. The highest BCUT2D eigenvalue weighted by atomic mass is 32.1. The van der Waals surface area contributed by atoms with Crippen LogP contribution in [0.3, 0.4) is 0 Å². The number of nitrogens with two attached hydrogens (primary N) is 2. The van der Waals surface area contributed by atoms with Crippen molar-refractivity contribution in [3.63, 3.8) is 0 Å². The second kappa shape index (κ2) is 15.3. The number of piperidine rings is 1. The van der Waals surface area contributed by atoms with E-state index < -0.39 is 6.10 Å². The fourth-order valence-electron chi connectivity index (χ4n) is 4.80. The minimum Gasteiger partial charge on any atom is -0.400 e. The zero-order valence-corrected chi connectivity index (χ0v) is 23.1. The van der Waals surface area contributed by atoms with Gasteiger partial charge in [0.1, 0.15) is 5.82 Å². The third-order valence-corrected chi connectivity index (χ3v) is 7.91. The maximum atomic E-state index is 13.0. The molecule has 3 unspecified atom stereocenters. The summed E-state index contributed by atoms with van der Waals surface area (Å²) in [6.07, 6.45) is 5.32. The molecule has 0 bridgehead atoms. The largest absolute Gasteiger partial charge is 0.400 e. The number of thiophene rings is 1. The van der Waals surface area contributed by atoms with Crippen LogP contribution in [0.4, 0.5) is 4.39 Å². The molecule has 1 aromatic carbocycles. The molecule has 0 amide bonds. The molecule has 0 saturated carbocycles. The first kappa shape index (κ1) is 30.3. The van der Waals surface area contributed by atoms with Crippen molar-refractivity contribution in [2.45, 2.75) is 77.9 Å². The summed E-state index contributed by atoms with van der Waals surface area (Å²) >= 11 is 1.84. The van der Waals surface area contributed by atoms with E-state index in [1.807, 2.05) is 25.2 Å². The molecule has 1 saturated heterocycles. The average molecular weight is 521 g/mol. The predicted octanol–water partition coefficient (Wildman–Crippen LogP) is 4.16. The van der Waals surface area contributed by atoms with Gasteiger partial charge in [0, 0.05) is 53.7 Å². The summed E-state index contributed by atoms with van der Waals surface area (Å²) in [7, 11) is 0. The Morgan fingerprint density at radius 1 is 1.31 bits per heavy atom. The molecule has 202 valence electrons. The predicted molar refractivity (Wildman–Crippen MR) is 148 cm³/mol. The van der Waals surface area contributed by atoms with Crippen LogP contribution >= 0.6 is 11.3 Å². The van der Waals surface area contributed by atoms with E-state index in [-0.39, 0.29) is 19.0 Å². The van der Waals surface area contributed by atoms with Gasteiger partial charge < -0.3 is 21.0 Å². The van der Waals surface area contributed by atoms with Crippen molar-refractivity contribution >= 4 is 11.3 Å². The van der Waals surface area contributed by atoms with Crippen LogP contribution in [-0.4, -0.2) is 58.5 Å². The van der Waals surface area contributed by atoms with Gasteiger partial charge in [-0.15, -0.1) is 11.3 Å². The second-order valence-corrected chi connectivity index (χ2v) is 10.6. The number of hydrazine groups is 1. The Balaban J connectivity index is 0.00000222. The SMILES string of the molecule is CC.CCc1cc(C2CCN(C/C(N)=C/N(N)CC(O)Cc3ccc(F)cc3)C(C)C2)c(CCO)s1. The zero-order chi connectivity index (χ0) is 26.7. The number of likely N-dealkylation sites (tertiary alicyclic amines) is 1. The van der Waals surface area contributed by atoms with Crippen molar-refractivity contribution in [3.05, 3.63) is 68.9 Å². The Hall–Kier alpha value is -1.97. The third kappa shape index (κ3) is 9.16. The Bertz CT molecular complexity index is 934. The van der Waals surface area contributed by atoms with Gasteiger partial charge in [0.05, 0.1) is 12.6 Å². The molecule has 8 heteroatoms. The van der Waals surface area contributed by atoms with Crippen LogP contribution in [-0.2, 0) is 19.3 Å². The summed E-state index contributed by atoms with van der Waals surface area (Å²) in [4.78, 5) is 5.11. The maximum absolute atomic E-state index is 13.0. The van der Waals surface area contributed by atoms with Gasteiger partial charge in [-0.3, -0.25) is 4.90 Å². The number of rotatable bonds is 11. The molecular weight excluding hydrogens is 475 g/mol. The molecule has 3 rings (SSSR count). The lowest BCUT2D eigenvalue weighted by atomic mass is 9.85. The number of aliphatic hydroxyl groups excluding tert-OH is 2. The van der Waals surface area contributed by atoms with E-state index in [2.05, 4.69) is 24.8 Å². The normalized spacial score (nSPS) is 19.5. The molecule has 2 aromatic rings. The molecule has 1 aliphatic rings. The van der Waals surface area contributed by atoms with Gasteiger partial charge in [0.15, 0.2) is 0 Å². The Kier molecular flexibility index (Phi) is 12.9. The van der Waals surface area contributed by atoms with Gasteiger partial charge in [-0.2, -0.15) is 0 Å². The first-order chi connectivity index (χ1) is 17.3. The molecule has 2 heterocycles. The quantitative estimate of drug-likeness (QED) is 0.262. The van der Waals surface area contributed by atoms with Gasteiger partial charge >= 0.3 is 0 Å². The molecule has 0 aliphatic carbocycles. The number of aryl methyl sites for hydroxylation is 1. The number of benzene rings is 1.